The summed E-state index contributed by atoms with van der Waals surface area (Å²) in [6.07, 6.45) is 3.08. The van der Waals surface area contributed by atoms with Gasteiger partial charge in [-0.1, -0.05) is 27.7 Å². The normalized spacial score (nSPS) is 13.2. The van der Waals surface area contributed by atoms with Gasteiger partial charge in [-0.25, -0.2) is 0 Å². The Kier molecular flexibility index (Phi) is 9.26. The van der Waals surface area contributed by atoms with Crippen molar-refractivity contribution in [2.24, 2.45) is 23.0 Å². The zero-order valence-electron chi connectivity index (χ0n) is 13.9. The minimum atomic E-state index is -0.807. The summed E-state index contributed by atoms with van der Waals surface area (Å²) in [6.45, 7) is 9.42. The third kappa shape index (κ3) is 11.3. The van der Waals surface area contributed by atoms with Crippen molar-refractivity contribution >= 4 is 11.9 Å². The molecule has 0 unspecified atom stereocenters. The van der Waals surface area contributed by atoms with Crippen LogP contribution in [0.3, 0.4) is 0 Å². The molecule has 0 aliphatic carbocycles. The maximum atomic E-state index is 11.9. The molecule has 1 atom stereocenters. The fourth-order valence-electron chi connectivity index (χ4n) is 2.47. The van der Waals surface area contributed by atoms with Crippen LogP contribution in [-0.4, -0.2) is 30.1 Å². The van der Waals surface area contributed by atoms with Gasteiger partial charge in [0.2, 0.25) is 5.91 Å². The van der Waals surface area contributed by atoms with E-state index in [0.29, 0.717) is 25.4 Å². The van der Waals surface area contributed by atoms with Crippen LogP contribution in [-0.2, 0) is 9.59 Å². The van der Waals surface area contributed by atoms with E-state index in [1.807, 2.05) is 0 Å². The van der Waals surface area contributed by atoms with Crippen molar-refractivity contribution < 1.29 is 14.7 Å². The van der Waals surface area contributed by atoms with E-state index < -0.39 is 5.97 Å². The van der Waals surface area contributed by atoms with E-state index in [2.05, 4.69) is 33.0 Å². The zero-order valence-corrected chi connectivity index (χ0v) is 13.9. The molecule has 0 aromatic rings. The van der Waals surface area contributed by atoms with Gasteiger partial charge in [0.05, 0.1) is 0 Å². The maximum absolute atomic E-state index is 11.9. The first-order chi connectivity index (χ1) is 9.66. The second-order valence-corrected chi connectivity index (χ2v) is 7.10. The van der Waals surface area contributed by atoms with Gasteiger partial charge in [0.1, 0.15) is 0 Å². The summed E-state index contributed by atoms with van der Waals surface area (Å²) in [6, 6.07) is 0. The summed E-state index contributed by atoms with van der Waals surface area (Å²) in [5.41, 5.74) is 5.63. The molecule has 124 valence electrons. The van der Waals surface area contributed by atoms with E-state index in [4.69, 9.17) is 10.8 Å². The van der Waals surface area contributed by atoms with Gasteiger partial charge in [0, 0.05) is 19.4 Å². The average molecular weight is 300 g/mol. The number of aliphatic carboxylic acids is 1. The van der Waals surface area contributed by atoms with Gasteiger partial charge in [-0.15, -0.1) is 0 Å². The Hall–Kier alpha value is -1.10. The number of hydrogen-bond donors (Lipinski definition) is 3. The van der Waals surface area contributed by atoms with Crippen molar-refractivity contribution in [2.75, 3.05) is 13.1 Å². The van der Waals surface area contributed by atoms with Crippen LogP contribution in [0.5, 0.6) is 0 Å². The highest BCUT2D eigenvalue weighted by Crippen LogP contribution is 2.25. The number of amides is 1. The molecular formula is C16H32N2O3. The summed E-state index contributed by atoms with van der Waals surface area (Å²) in [7, 11) is 0. The van der Waals surface area contributed by atoms with Crippen LogP contribution < -0.4 is 11.1 Å². The number of carbonyl (C=O) groups is 2. The number of carboxylic acids is 1. The number of carboxylic acid groups (broad SMARTS) is 1. The van der Waals surface area contributed by atoms with Crippen LogP contribution in [0.1, 0.15) is 59.8 Å². The van der Waals surface area contributed by atoms with Crippen molar-refractivity contribution in [3.05, 3.63) is 0 Å². The molecule has 0 aromatic carbocycles. The fraction of sp³-hybridized carbons (Fsp3) is 0.875. The number of nitrogens with one attached hydrogen (secondary N) is 1. The molecule has 0 aliphatic rings. The maximum Gasteiger partial charge on any atom is 0.303 e. The molecule has 0 aliphatic heterocycles. The van der Waals surface area contributed by atoms with Gasteiger partial charge >= 0.3 is 5.97 Å². The largest absolute Gasteiger partial charge is 0.481 e. The second kappa shape index (κ2) is 9.77. The third-order valence-electron chi connectivity index (χ3n) is 3.71. The van der Waals surface area contributed by atoms with Crippen molar-refractivity contribution in [3.8, 4) is 0 Å². The van der Waals surface area contributed by atoms with Crippen molar-refractivity contribution in [2.45, 2.75) is 59.8 Å². The first kappa shape index (κ1) is 19.9. The van der Waals surface area contributed by atoms with Crippen molar-refractivity contribution in [1.29, 1.82) is 0 Å². The monoisotopic (exact) mass is 300 g/mol. The molecule has 0 saturated heterocycles. The van der Waals surface area contributed by atoms with Gasteiger partial charge in [0.25, 0.3) is 0 Å². The lowest BCUT2D eigenvalue weighted by Crippen LogP contribution is -2.32. The van der Waals surface area contributed by atoms with Gasteiger partial charge in [-0.05, 0) is 43.1 Å². The molecule has 21 heavy (non-hydrogen) atoms. The van der Waals surface area contributed by atoms with Crippen LogP contribution >= 0.6 is 0 Å². The Bertz CT molecular complexity index is 327. The molecule has 1 amide bonds. The Balaban J connectivity index is 4.15. The topological polar surface area (TPSA) is 92.4 Å². The summed E-state index contributed by atoms with van der Waals surface area (Å²) in [5, 5.41) is 11.8. The molecule has 0 fully saturated rings. The Labute approximate surface area is 128 Å². The minimum Gasteiger partial charge on any atom is -0.481 e. The first-order valence-electron chi connectivity index (χ1n) is 7.85. The number of rotatable bonds is 11. The number of carbonyl (C=O) groups excluding carboxylic acids is 1. The van der Waals surface area contributed by atoms with Crippen molar-refractivity contribution in [3.63, 3.8) is 0 Å². The highest BCUT2D eigenvalue weighted by molar-refractivity contribution is 5.76. The summed E-state index contributed by atoms with van der Waals surface area (Å²) >= 11 is 0. The molecule has 5 heteroatoms. The second-order valence-electron chi connectivity index (χ2n) is 7.10. The fourth-order valence-corrected chi connectivity index (χ4v) is 2.47. The van der Waals surface area contributed by atoms with E-state index in [1.54, 1.807) is 0 Å². The van der Waals surface area contributed by atoms with Gasteiger partial charge in [0.15, 0.2) is 0 Å². The van der Waals surface area contributed by atoms with E-state index in [-0.39, 0.29) is 23.7 Å². The van der Waals surface area contributed by atoms with Crippen LogP contribution in [0, 0.1) is 17.3 Å². The molecule has 0 bridgehead atoms. The Morgan fingerprint density at radius 2 is 1.86 bits per heavy atom. The SMILES string of the molecule is CC(C)C[C@H](CNC(=O)CCC(C)(C)CCN)CC(=O)O. The van der Waals surface area contributed by atoms with Gasteiger partial charge < -0.3 is 16.2 Å². The third-order valence-corrected chi connectivity index (χ3v) is 3.71. The molecule has 0 saturated carbocycles. The Morgan fingerprint density at radius 3 is 2.33 bits per heavy atom. The smallest absolute Gasteiger partial charge is 0.303 e. The Morgan fingerprint density at radius 1 is 1.24 bits per heavy atom. The summed E-state index contributed by atoms with van der Waals surface area (Å²) in [4.78, 5) is 22.7. The highest BCUT2D eigenvalue weighted by atomic mass is 16.4. The first-order valence-corrected chi connectivity index (χ1v) is 7.85. The zero-order chi connectivity index (χ0) is 16.5. The van der Waals surface area contributed by atoms with Crippen LogP contribution in [0.25, 0.3) is 0 Å². The van der Waals surface area contributed by atoms with Crippen LogP contribution in [0.15, 0.2) is 0 Å². The minimum absolute atomic E-state index is 0.000702. The highest BCUT2D eigenvalue weighted by Gasteiger charge is 2.19. The molecule has 0 aromatic heterocycles. The molecule has 0 rings (SSSR count). The molecule has 0 radical (unpaired) electrons. The number of nitrogens with two attached hydrogens (primary N) is 1. The number of hydrogen-bond acceptors (Lipinski definition) is 3. The lowest BCUT2D eigenvalue weighted by atomic mass is 9.84. The van der Waals surface area contributed by atoms with E-state index >= 15 is 0 Å². The van der Waals surface area contributed by atoms with E-state index in [1.165, 1.54) is 0 Å². The predicted molar refractivity (Wildman–Crippen MR) is 84.9 cm³/mol. The standard InChI is InChI=1S/C16H32N2O3/c1-12(2)9-13(10-15(20)21)11-18-14(19)5-6-16(3,4)7-8-17/h12-13H,5-11,17H2,1-4H3,(H,18,19)(H,20,21)/t13-/m0/s1. The molecule has 5 nitrogen and oxygen atoms in total. The lowest BCUT2D eigenvalue weighted by molar-refractivity contribution is -0.138. The van der Waals surface area contributed by atoms with Crippen LogP contribution in [0.4, 0.5) is 0 Å². The molecular weight excluding hydrogens is 268 g/mol. The summed E-state index contributed by atoms with van der Waals surface area (Å²) < 4.78 is 0. The average Bonchev–Trinajstić information content (AvgIpc) is 2.32. The van der Waals surface area contributed by atoms with Gasteiger partial charge in [-0.2, -0.15) is 0 Å². The van der Waals surface area contributed by atoms with Gasteiger partial charge in [-0.3, -0.25) is 9.59 Å². The molecule has 4 N–H and O–H groups in total. The lowest BCUT2D eigenvalue weighted by Gasteiger charge is -2.23. The predicted octanol–water partition coefficient (Wildman–Crippen LogP) is 2.39. The molecule has 0 heterocycles. The van der Waals surface area contributed by atoms with Crippen molar-refractivity contribution in [1.82, 2.24) is 5.32 Å². The summed E-state index contributed by atoms with van der Waals surface area (Å²) in [5.74, 6) is -0.378. The quantitative estimate of drug-likeness (QED) is 0.546. The molecule has 0 spiro atoms. The van der Waals surface area contributed by atoms with Crippen LogP contribution in [0.2, 0.25) is 0 Å². The van der Waals surface area contributed by atoms with E-state index in [9.17, 15) is 9.59 Å². The van der Waals surface area contributed by atoms with E-state index in [0.717, 1.165) is 19.3 Å².